The summed E-state index contributed by atoms with van der Waals surface area (Å²) in [6.07, 6.45) is 0.221. The van der Waals surface area contributed by atoms with Crippen LogP contribution in [0.4, 0.5) is 0 Å². The molecule has 3 aliphatic rings. The van der Waals surface area contributed by atoms with Crippen molar-refractivity contribution >= 4 is 0 Å². The number of hydrogen-bond acceptors (Lipinski definition) is 5. The minimum atomic E-state index is -0.178. The van der Waals surface area contributed by atoms with Gasteiger partial charge in [-0.25, -0.2) is 0 Å². The lowest BCUT2D eigenvalue weighted by Crippen LogP contribution is -2.10. The van der Waals surface area contributed by atoms with Crippen LogP contribution in [0.25, 0.3) is 0 Å². The van der Waals surface area contributed by atoms with Gasteiger partial charge in [-0.15, -0.1) is 0 Å². The van der Waals surface area contributed by atoms with E-state index in [4.69, 9.17) is 23.7 Å². The lowest BCUT2D eigenvalue weighted by atomic mass is 10.5. The van der Waals surface area contributed by atoms with Crippen molar-refractivity contribution in [2.45, 2.75) is 24.8 Å². The third kappa shape index (κ3) is 2.38. The van der Waals surface area contributed by atoms with E-state index in [-0.39, 0.29) is 24.8 Å². The van der Waals surface area contributed by atoms with Crippen molar-refractivity contribution in [1.82, 2.24) is 0 Å². The molecule has 0 aromatic carbocycles. The smallest absolute Gasteiger partial charge is 0.212 e. The molecule has 0 aromatic rings. The molecule has 13 heavy (non-hydrogen) atoms. The first-order valence-electron chi connectivity index (χ1n) is 4.54. The zero-order valence-electron chi connectivity index (χ0n) is 7.18. The standard InChI is InChI=1S/C8H12O5/c1-5(9-1)3-11-7-8(13-7)12-4-6-2-10-6/h5-8H,1-4H2. The summed E-state index contributed by atoms with van der Waals surface area (Å²) in [6.45, 7) is 2.86. The van der Waals surface area contributed by atoms with Crippen LogP contribution < -0.4 is 0 Å². The number of epoxide rings is 3. The van der Waals surface area contributed by atoms with E-state index in [2.05, 4.69) is 0 Å². The van der Waals surface area contributed by atoms with E-state index in [9.17, 15) is 0 Å². The molecule has 0 spiro atoms. The van der Waals surface area contributed by atoms with Crippen molar-refractivity contribution in [1.29, 1.82) is 0 Å². The summed E-state index contributed by atoms with van der Waals surface area (Å²) in [5, 5.41) is 0. The van der Waals surface area contributed by atoms with Crippen LogP contribution in [0, 0.1) is 0 Å². The van der Waals surface area contributed by atoms with Crippen molar-refractivity contribution in [2.75, 3.05) is 26.4 Å². The molecule has 74 valence electrons. The zero-order chi connectivity index (χ0) is 8.67. The molecular weight excluding hydrogens is 176 g/mol. The van der Waals surface area contributed by atoms with Crippen LogP contribution in [0.3, 0.4) is 0 Å². The third-order valence-electron chi connectivity index (χ3n) is 2.11. The van der Waals surface area contributed by atoms with E-state index in [1.807, 2.05) is 0 Å². The van der Waals surface area contributed by atoms with Crippen molar-refractivity contribution in [3.8, 4) is 0 Å². The van der Waals surface area contributed by atoms with Gasteiger partial charge in [0.15, 0.2) is 0 Å². The van der Waals surface area contributed by atoms with E-state index >= 15 is 0 Å². The summed E-state index contributed by atoms with van der Waals surface area (Å²) < 4.78 is 25.8. The predicted molar refractivity (Wildman–Crippen MR) is 40.0 cm³/mol. The molecule has 0 bridgehead atoms. The second-order valence-electron chi connectivity index (χ2n) is 3.45. The summed E-state index contributed by atoms with van der Waals surface area (Å²) >= 11 is 0. The molecule has 0 amide bonds. The summed E-state index contributed by atoms with van der Waals surface area (Å²) in [5.74, 6) is 0. The van der Waals surface area contributed by atoms with E-state index in [0.29, 0.717) is 13.2 Å². The van der Waals surface area contributed by atoms with Crippen LogP contribution >= 0.6 is 0 Å². The fourth-order valence-corrected chi connectivity index (χ4v) is 1.06. The highest BCUT2D eigenvalue weighted by atomic mass is 16.9. The molecule has 0 aromatic heterocycles. The Hall–Kier alpha value is -0.200. The Labute approximate surface area is 75.8 Å². The average molecular weight is 188 g/mol. The highest BCUT2D eigenvalue weighted by molar-refractivity contribution is 4.74. The molecule has 5 heteroatoms. The van der Waals surface area contributed by atoms with E-state index in [1.165, 1.54) is 0 Å². The van der Waals surface area contributed by atoms with Crippen LogP contribution in [0.2, 0.25) is 0 Å². The Morgan fingerprint density at radius 3 is 1.77 bits per heavy atom. The molecule has 3 aliphatic heterocycles. The van der Waals surface area contributed by atoms with Crippen LogP contribution in [0.15, 0.2) is 0 Å². The third-order valence-corrected chi connectivity index (χ3v) is 2.11. The first kappa shape index (κ1) is 8.14. The highest BCUT2D eigenvalue weighted by Crippen LogP contribution is 2.27. The van der Waals surface area contributed by atoms with Crippen molar-refractivity contribution in [2.24, 2.45) is 0 Å². The first-order valence-corrected chi connectivity index (χ1v) is 4.54. The Morgan fingerprint density at radius 1 is 0.923 bits per heavy atom. The Bertz CT molecular complexity index is 169. The predicted octanol–water partition coefficient (Wildman–Crippen LogP) is -0.500. The van der Waals surface area contributed by atoms with Crippen LogP contribution in [0.1, 0.15) is 0 Å². The monoisotopic (exact) mass is 188 g/mol. The first-order chi connectivity index (χ1) is 6.42. The lowest BCUT2D eigenvalue weighted by molar-refractivity contribution is 0.0321. The molecular formula is C8H12O5. The molecule has 4 unspecified atom stereocenters. The van der Waals surface area contributed by atoms with Gasteiger partial charge in [0.25, 0.3) is 0 Å². The zero-order valence-corrected chi connectivity index (χ0v) is 7.18. The largest absolute Gasteiger partial charge is 0.371 e. The van der Waals surface area contributed by atoms with Crippen molar-refractivity contribution in [3.63, 3.8) is 0 Å². The molecule has 4 atom stereocenters. The van der Waals surface area contributed by atoms with Gasteiger partial charge in [0.05, 0.1) is 26.4 Å². The maximum Gasteiger partial charge on any atom is 0.212 e. The Morgan fingerprint density at radius 2 is 1.38 bits per heavy atom. The molecule has 0 saturated carbocycles. The Kier molecular flexibility index (Phi) is 1.99. The number of rotatable bonds is 6. The fraction of sp³-hybridized carbons (Fsp3) is 1.00. The van der Waals surface area contributed by atoms with Gasteiger partial charge in [0.2, 0.25) is 12.6 Å². The van der Waals surface area contributed by atoms with Crippen molar-refractivity contribution < 1.29 is 23.7 Å². The van der Waals surface area contributed by atoms with Gasteiger partial charge in [0.1, 0.15) is 12.2 Å². The van der Waals surface area contributed by atoms with Gasteiger partial charge >= 0.3 is 0 Å². The van der Waals surface area contributed by atoms with Gasteiger partial charge in [-0.3, -0.25) is 0 Å². The summed E-state index contributed by atoms with van der Waals surface area (Å²) in [5.41, 5.74) is 0. The molecule has 0 radical (unpaired) electrons. The van der Waals surface area contributed by atoms with Gasteiger partial charge in [-0.1, -0.05) is 0 Å². The Balaban J connectivity index is 1.26. The molecule has 3 rings (SSSR count). The van der Waals surface area contributed by atoms with Crippen LogP contribution in [-0.2, 0) is 23.7 Å². The van der Waals surface area contributed by atoms with E-state index < -0.39 is 0 Å². The molecule has 3 saturated heterocycles. The SMILES string of the molecule is C1OC1COC1OC1OCC1CO1. The van der Waals surface area contributed by atoms with Gasteiger partial charge in [0, 0.05) is 0 Å². The number of hydrogen-bond donors (Lipinski definition) is 0. The summed E-state index contributed by atoms with van der Waals surface area (Å²) in [6, 6.07) is 0. The lowest BCUT2D eigenvalue weighted by Gasteiger charge is -1.96. The second kappa shape index (κ2) is 3.18. The maximum absolute atomic E-state index is 5.33. The molecule has 3 fully saturated rings. The second-order valence-corrected chi connectivity index (χ2v) is 3.45. The molecule has 0 N–H and O–H groups in total. The van der Waals surface area contributed by atoms with Gasteiger partial charge < -0.3 is 23.7 Å². The molecule has 3 heterocycles. The topological polar surface area (TPSA) is 56.0 Å². The van der Waals surface area contributed by atoms with E-state index in [1.54, 1.807) is 0 Å². The number of ether oxygens (including phenoxy) is 5. The van der Waals surface area contributed by atoms with Gasteiger partial charge in [-0.05, 0) is 0 Å². The van der Waals surface area contributed by atoms with Crippen molar-refractivity contribution in [3.05, 3.63) is 0 Å². The average Bonchev–Trinajstić information content (AvgIpc) is 2.96. The van der Waals surface area contributed by atoms with E-state index in [0.717, 1.165) is 13.2 Å². The highest BCUT2D eigenvalue weighted by Gasteiger charge is 2.43. The normalized spacial score (nSPS) is 46.2. The van der Waals surface area contributed by atoms with Crippen LogP contribution in [0.5, 0.6) is 0 Å². The minimum absolute atomic E-state index is 0.178. The summed E-state index contributed by atoms with van der Waals surface area (Å²) in [4.78, 5) is 0. The molecule has 0 aliphatic carbocycles. The van der Waals surface area contributed by atoms with Gasteiger partial charge in [-0.2, -0.15) is 0 Å². The summed E-state index contributed by atoms with van der Waals surface area (Å²) in [7, 11) is 0. The minimum Gasteiger partial charge on any atom is -0.371 e. The van der Waals surface area contributed by atoms with Crippen LogP contribution in [-0.4, -0.2) is 51.2 Å². The molecule has 5 nitrogen and oxygen atoms in total. The quantitative estimate of drug-likeness (QED) is 0.526. The fourth-order valence-electron chi connectivity index (χ4n) is 1.06. The maximum atomic E-state index is 5.33.